The number of hydrogen-bond acceptors (Lipinski definition) is 3. The van der Waals surface area contributed by atoms with Gasteiger partial charge in [-0.25, -0.2) is 0 Å². The number of fused-ring (bicyclic) bond motifs is 1. The molecule has 1 amide bonds. The molecule has 0 radical (unpaired) electrons. The van der Waals surface area contributed by atoms with Gasteiger partial charge in [-0.3, -0.25) is 4.79 Å². The number of amides is 1. The Bertz CT molecular complexity index is 471. The second-order valence-corrected chi connectivity index (χ2v) is 7.83. The van der Waals surface area contributed by atoms with Gasteiger partial charge in [-0.15, -0.1) is 0 Å². The molecule has 21 heavy (non-hydrogen) atoms. The zero-order valence-electron chi connectivity index (χ0n) is 13.3. The monoisotopic (exact) mass is 306 g/mol. The first-order valence-electron chi connectivity index (χ1n) is 7.97. The third-order valence-electron chi connectivity index (χ3n) is 5.57. The molecule has 0 aromatic carbocycles. The van der Waals surface area contributed by atoms with E-state index in [2.05, 4.69) is 30.4 Å². The van der Waals surface area contributed by atoms with Crippen molar-refractivity contribution in [3.05, 3.63) is 22.4 Å². The molecule has 0 bridgehead atoms. The molecule has 3 rings (SSSR count). The van der Waals surface area contributed by atoms with E-state index in [1.807, 2.05) is 17.3 Å². The van der Waals surface area contributed by atoms with Gasteiger partial charge >= 0.3 is 0 Å². The Hall–Kier alpha value is -0.870. The molecular weight excluding hydrogens is 280 g/mol. The highest BCUT2D eigenvalue weighted by molar-refractivity contribution is 7.07. The molecule has 4 heteroatoms. The van der Waals surface area contributed by atoms with Crippen LogP contribution in [0.25, 0.3) is 0 Å². The van der Waals surface area contributed by atoms with Crippen molar-refractivity contribution in [3.8, 4) is 0 Å². The molecule has 2 fully saturated rings. The summed E-state index contributed by atoms with van der Waals surface area (Å²) in [5.41, 5.74) is 1.16. The van der Waals surface area contributed by atoms with Crippen molar-refractivity contribution in [2.24, 2.45) is 11.8 Å². The molecular formula is C17H26N2OS. The Labute approximate surface area is 131 Å². The number of thiophene rings is 1. The lowest BCUT2D eigenvalue weighted by Crippen LogP contribution is -2.37. The molecule has 2 aliphatic rings. The zero-order chi connectivity index (χ0) is 15.0. The Morgan fingerprint density at radius 3 is 2.29 bits per heavy atom. The molecule has 0 saturated heterocycles. The Morgan fingerprint density at radius 1 is 1.14 bits per heavy atom. The van der Waals surface area contributed by atoms with Gasteiger partial charge in [-0.1, -0.05) is 0 Å². The lowest BCUT2D eigenvalue weighted by Gasteiger charge is -2.27. The van der Waals surface area contributed by atoms with Crippen LogP contribution in [0.5, 0.6) is 0 Å². The van der Waals surface area contributed by atoms with Crippen LogP contribution in [0.3, 0.4) is 0 Å². The third-order valence-corrected chi connectivity index (χ3v) is 6.30. The van der Waals surface area contributed by atoms with Crippen molar-refractivity contribution >= 4 is 17.2 Å². The highest BCUT2D eigenvalue weighted by Gasteiger charge is 2.43. The van der Waals surface area contributed by atoms with Crippen molar-refractivity contribution < 1.29 is 4.79 Å². The average molecular weight is 306 g/mol. The van der Waals surface area contributed by atoms with Gasteiger partial charge in [-0.2, -0.15) is 11.3 Å². The fourth-order valence-electron chi connectivity index (χ4n) is 4.19. The van der Waals surface area contributed by atoms with Crippen molar-refractivity contribution in [3.63, 3.8) is 0 Å². The first-order valence-corrected chi connectivity index (χ1v) is 8.92. The predicted molar refractivity (Wildman–Crippen MR) is 87.5 cm³/mol. The maximum Gasteiger partial charge on any atom is 0.227 e. The van der Waals surface area contributed by atoms with Crippen LogP contribution in [0.1, 0.15) is 31.2 Å². The summed E-state index contributed by atoms with van der Waals surface area (Å²) in [6, 6.07) is 3.28. The lowest BCUT2D eigenvalue weighted by molar-refractivity contribution is -0.131. The number of nitrogens with zero attached hydrogens (tertiary/aromatic N) is 2. The van der Waals surface area contributed by atoms with Crippen LogP contribution in [0.2, 0.25) is 0 Å². The summed E-state index contributed by atoms with van der Waals surface area (Å²) < 4.78 is 0. The summed E-state index contributed by atoms with van der Waals surface area (Å²) in [6.45, 7) is 0. The van der Waals surface area contributed by atoms with Gasteiger partial charge in [0.05, 0.1) is 6.42 Å². The SMILES string of the molecule is CN(C)C1C[C@@H]2CC(N(C)C(=O)Cc3ccsc3)C[C@@H]2C1. The van der Waals surface area contributed by atoms with Crippen LogP contribution in [-0.2, 0) is 11.2 Å². The maximum absolute atomic E-state index is 12.4. The molecule has 0 N–H and O–H groups in total. The quantitative estimate of drug-likeness (QED) is 0.854. The van der Waals surface area contributed by atoms with Crippen LogP contribution in [-0.4, -0.2) is 48.9 Å². The largest absolute Gasteiger partial charge is 0.342 e. The third kappa shape index (κ3) is 3.16. The number of likely N-dealkylation sites (N-methyl/N-ethyl adjacent to an activating group) is 1. The zero-order valence-corrected chi connectivity index (χ0v) is 14.1. The predicted octanol–water partition coefficient (Wildman–Crippen LogP) is 2.87. The van der Waals surface area contributed by atoms with Crippen LogP contribution >= 0.6 is 11.3 Å². The minimum absolute atomic E-state index is 0.280. The molecule has 2 aliphatic carbocycles. The fraction of sp³-hybridized carbons (Fsp3) is 0.706. The summed E-state index contributed by atoms with van der Waals surface area (Å²) >= 11 is 1.67. The maximum atomic E-state index is 12.4. The molecule has 4 atom stereocenters. The van der Waals surface area contributed by atoms with Gasteiger partial charge in [0, 0.05) is 19.1 Å². The standard InChI is InChI=1S/C17H26N2OS/c1-18(2)15-7-13-9-16(10-14(13)8-15)19(3)17(20)6-12-4-5-21-11-12/h4-5,11,13-16H,6-10H2,1-3H3/t13-,14+,15?,16?. The highest BCUT2D eigenvalue weighted by atomic mass is 32.1. The molecule has 3 nitrogen and oxygen atoms in total. The van der Waals surface area contributed by atoms with E-state index >= 15 is 0 Å². The van der Waals surface area contributed by atoms with Gasteiger partial charge in [0.1, 0.15) is 0 Å². The molecule has 116 valence electrons. The van der Waals surface area contributed by atoms with E-state index in [4.69, 9.17) is 0 Å². The first-order chi connectivity index (χ1) is 10.0. The fourth-order valence-corrected chi connectivity index (χ4v) is 4.86. The van der Waals surface area contributed by atoms with Crippen molar-refractivity contribution in [1.82, 2.24) is 9.80 Å². The first kappa shape index (κ1) is 15.0. The van der Waals surface area contributed by atoms with E-state index < -0.39 is 0 Å². The number of hydrogen-bond donors (Lipinski definition) is 0. The van der Waals surface area contributed by atoms with Crippen LogP contribution in [0.15, 0.2) is 16.8 Å². The summed E-state index contributed by atoms with van der Waals surface area (Å²) in [5.74, 6) is 1.94. The van der Waals surface area contributed by atoms with Gasteiger partial charge in [0.15, 0.2) is 0 Å². The van der Waals surface area contributed by atoms with E-state index in [-0.39, 0.29) is 5.91 Å². The van der Waals surface area contributed by atoms with Gasteiger partial charge < -0.3 is 9.80 Å². The smallest absolute Gasteiger partial charge is 0.227 e. The molecule has 1 aromatic rings. The van der Waals surface area contributed by atoms with Crippen LogP contribution < -0.4 is 0 Å². The van der Waals surface area contributed by atoms with E-state index in [1.54, 1.807) is 11.3 Å². The Kier molecular flexibility index (Phi) is 4.36. The molecule has 1 heterocycles. The summed E-state index contributed by atoms with van der Waals surface area (Å²) in [4.78, 5) is 16.8. The number of rotatable bonds is 4. The van der Waals surface area contributed by atoms with Crippen LogP contribution in [0, 0.1) is 11.8 Å². The number of carbonyl (C=O) groups excluding carboxylic acids is 1. The highest BCUT2D eigenvalue weighted by Crippen LogP contribution is 2.46. The van der Waals surface area contributed by atoms with Gasteiger partial charge in [0.2, 0.25) is 5.91 Å². The normalized spacial score (nSPS) is 31.6. The molecule has 0 aliphatic heterocycles. The van der Waals surface area contributed by atoms with E-state index in [1.165, 1.54) is 25.7 Å². The molecule has 0 spiro atoms. The Balaban J connectivity index is 1.54. The van der Waals surface area contributed by atoms with E-state index in [9.17, 15) is 4.79 Å². The lowest BCUT2D eigenvalue weighted by atomic mass is 10.0. The minimum Gasteiger partial charge on any atom is -0.342 e. The molecule has 1 aromatic heterocycles. The van der Waals surface area contributed by atoms with Crippen molar-refractivity contribution in [1.29, 1.82) is 0 Å². The van der Waals surface area contributed by atoms with Crippen LogP contribution in [0.4, 0.5) is 0 Å². The van der Waals surface area contributed by atoms with E-state index in [0.717, 1.165) is 23.4 Å². The molecule has 2 saturated carbocycles. The van der Waals surface area contributed by atoms with Crippen molar-refractivity contribution in [2.75, 3.05) is 21.1 Å². The minimum atomic E-state index is 0.280. The van der Waals surface area contributed by atoms with Crippen molar-refractivity contribution in [2.45, 2.75) is 44.2 Å². The van der Waals surface area contributed by atoms with Gasteiger partial charge in [0.25, 0.3) is 0 Å². The molecule has 2 unspecified atom stereocenters. The Morgan fingerprint density at radius 2 is 1.76 bits per heavy atom. The average Bonchev–Trinajstić information content (AvgIpc) is 3.11. The summed E-state index contributed by atoms with van der Waals surface area (Å²) in [7, 11) is 6.39. The topological polar surface area (TPSA) is 23.6 Å². The van der Waals surface area contributed by atoms with E-state index in [0.29, 0.717) is 12.5 Å². The second kappa shape index (κ2) is 6.09. The van der Waals surface area contributed by atoms with Gasteiger partial charge in [-0.05, 0) is 74.0 Å². The summed E-state index contributed by atoms with van der Waals surface area (Å²) in [5, 5.41) is 4.13. The summed E-state index contributed by atoms with van der Waals surface area (Å²) in [6.07, 6.45) is 5.62. The second-order valence-electron chi connectivity index (χ2n) is 7.05. The number of carbonyl (C=O) groups is 1.